The number of benzene rings is 1. The summed E-state index contributed by atoms with van der Waals surface area (Å²) in [6.45, 7) is 1.93. The fourth-order valence-electron chi connectivity index (χ4n) is 1.86. The molecular weight excluding hydrogens is 246 g/mol. The maximum Gasteiger partial charge on any atom is 0.219 e. The third-order valence-corrected chi connectivity index (χ3v) is 3.69. The lowest BCUT2D eigenvalue weighted by Crippen LogP contribution is -2.33. The molecule has 0 bridgehead atoms. The van der Waals surface area contributed by atoms with Crippen molar-refractivity contribution in [2.75, 3.05) is 5.75 Å². The molecule has 1 amide bonds. The van der Waals surface area contributed by atoms with Crippen LogP contribution in [0.2, 0.25) is 0 Å². The summed E-state index contributed by atoms with van der Waals surface area (Å²) in [5.74, 6) is 0.647. The van der Waals surface area contributed by atoms with Gasteiger partial charge in [0.2, 0.25) is 5.91 Å². The Kier molecular flexibility index (Phi) is 4.25. The molecule has 0 aromatic heterocycles. The van der Waals surface area contributed by atoms with Gasteiger partial charge in [0.05, 0.1) is 6.04 Å². The molecule has 18 heavy (non-hydrogen) atoms. The van der Waals surface area contributed by atoms with E-state index >= 15 is 0 Å². The number of nitrogens with zero attached hydrogens (tertiary/aromatic N) is 1. The number of nitrogens with one attached hydrogen (secondary N) is 1. The number of hydrogen-bond donors (Lipinski definition) is 2. The molecule has 96 valence electrons. The van der Waals surface area contributed by atoms with Crippen molar-refractivity contribution in [2.24, 2.45) is 10.7 Å². The first-order chi connectivity index (χ1) is 8.65. The molecule has 1 heterocycles. The van der Waals surface area contributed by atoms with Crippen LogP contribution in [0.5, 0.6) is 0 Å². The van der Waals surface area contributed by atoms with Crippen molar-refractivity contribution in [3.63, 3.8) is 0 Å². The van der Waals surface area contributed by atoms with Crippen LogP contribution >= 0.6 is 11.8 Å². The molecule has 3 N–H and O–H groups in total. The SMILES string of the molecule is CC(CC(N)=O)NC1=NC(c2ccccc2)CS1. The minimum absolute atomic E-state index is 0.0308. The topological polar surface area (TPSA) is 67.5 Å². The summed E-state index contributed by atoms with van der Waals surface area (Å²) in [6, 6.07) is 10.5. The van der Waals surface area contributed by atoms with Gasteiger partial charge in [0.1, 0.15) is 0 Å². The highest BCUT2D eigenvalue weighted by Crippen LogP contribution is 2.29. The first-order valence-corrected chi connectivity index (χ1v) is 6.94. The number of rotatable bonds is 4. The lowest BCUT2D eigenvalue weighted by atomic mass is 10.1. The van der Waals surface area contributed by atoms with Crippen molar-refractivity contribution in [3.8, 4) is 0 Å². The van der Waals surface area contributed by atoms with E-state index in [9.17, 15) is 4.79 Å². The largest absolute Gasteiger partial charge is 0.370 e. The van der Waals surface area contributed by atoms with Crippen LogP contribution in [0, 0.1) is 0 Å². The van der Waals surface area contributed by atoms with E-state index in [2.05, 4.69) is 22.4 Å². The molecule has 0 spiro atoms. The predicted molar refractivity (Wildman–Crippen MR) is 75.5 cm³/mol. The molecule has 0 saturated heterocycles. The number of primary amides is 1. The van der Waals surface area contributed by atoms with Crippen LogP contribution in [-0.2, 0) is 4.79 Å². The Bertz CT molecular complexity index is 447. The van der Waals surface area contributed by atoms with E-state index in [1.165, 1.54) is 5.56 Å². The van der Waals surface area contributed by atoms with Crippen molar-refractivity contribution in [3.05, 3.63) is 35.9 Å². The fraction of sp³-hybridized carbons (Fsp3) is 0.385. The van der Waals surface area contributed by atoms with Gasteiger partial charge in [0, 0.05) is 18.2 Å². The average molecular weight is 263 g/mol. The van der Waals surface area contributed by atoms with Crippen molar-refractivity contribution in [1.29, 1.82) is 0 Å². The first-order valence-electron chi connectivity index (χ1n) is 5.95. The summed E-state index contributed by atoms with van der Waals surface area (Å²) < 4.78 is 0. The van der Waals surface area contributed by atoms with Crippen LogP contribution < -0.4 is 11.1 Å². The number of amides is 1. The van der Waals surface area contributed by atoms with Crippen LogP contribution in [0.4, 0.5) is 0 Å². The number of thioether (sulfide) groups is 1. The highest BCUT2D eigenvalue weighted by molar-refractivity contribution is 8.14. The Morgan fingerprint density at radius 1 is 1.56 bits per heavy atom. The molecule has 2 unspecified atom stereocenters. The molecule has 1 aliphatic heterocycles. The second-order valence-corrected chi connectivity index (χ2v) is 5.40. The van der Waals surface area contributed by atoms with Crippen molar-refractivity contribution in [2.45, 2.75) is 25.4 Å². The Morgan fingerprint density at radius 2 is 2.28 bits per heavy atom. The second kappa shape index (κ2) is 5.91. The summed E-state index contributed by atoms with van der Waals surface area (Å²) in [5, 5.41) is 4.12. The summed E-state index contributed by atoms with van der Waals surface area (Å²) in [7, 11) is 0. The van der Waals surface area contributed by atoms with Gasteiger partial charge in [0.25, 0.3) is 0 Å². The molecule has 0 radical (unpaired) electrons. The molecule has 2 atom stereocenters. The summed E-state index contributed by atoms with van der Waals surface area (Å²) >= 11 is 1.69. The van der Waals surface area contributed by atoms with Gasteiger partial charge in [-0.1, -0.05) is 42.1 Å². The zero-order valence-corrected chi connectivity index (χ0v) is 11.1. The van der Waals surface area contributed by atoms with Gasteiger partial charge in [-0.25, -0.2) is 0 Å². The number of amidine groups is 1. The van der Waals surface area contributed by atoms with Gasteiger partial charge >= 0.3 is 0 Å². The molecule has 0 saturated carbocycles. The lowest BCUT2D eigenvalue weighted by molar-refractivity contribution is -0.118. The van der Waals surface area contributed by atoms with Gasteiger partial charge in [-0.05, 0) is 12.5 Å². The van der Waals surface area contributed by atoms with Gasteiger partial charge in [-0.2, -0.15) is 0 Å². The standard InChI is InChI=1S/C13H17N3OS/c1-9(7-12(14)17)15-13-16-11(8-18-13)10-5-3-2-4-6-10/h2-6,9,11H,7-8H2,1H3,(H2,14,17)(H,15,16). The lowest BCUT2D eigenvalue weighted by Gasteiger charge is -2.11. The zero-order valence-electron chi connectivity index (χ0n) is 10.3. The molecule has 5 heteroatoms. The molecule has 0 fully saturated rings. The molecular formula is C13H17N3OS. The monoisotopic (exact) mass is 263 g/mol. The molecule has 1 aromatic carbocycles. The fourth-order valence-corrected chi connectivity index (χ4v) is 2.93. The third kappa shape index (κ3) is 3.50. The minimum atomic E-state index is -0.293. The van der Waals surface area contributed by atoms with Crippen LogP contribution in [0.3, 0.4) is 0 Å². The summed E-state index contributed by atoms with van der Waals surface area (Å²) in [6.07, 6.45) is 0.329. The average Bonchev–Trinajstić information content (AvgIpc) is 2.77. The van der Waals surface area contributed by atoms with E-state index < -0.39 is 0 Å². The Hall–Kier alpha value is -1.49. The van der Waals surface area contributed by atoms with Crippen LogP contribution in [0.1, 0.15) is 24.9 Å². The van der Waals surface area contributed by atoms with Gasteiger partial charge in [0.15, 0.2) is 5.17 Å². The van der Waals surface area contributed by atoms with Gasteiger partial charge in [-0.3, -0.25) is 9.79 Å². The van der Waals surface area contributed by atoms with E-state index in [1.807, 2.05) is 25.1 Å². The van der Waals surface area contributed by atoms with E-state index in [-0.39, 0.29) is 18.0 Å². The highest BCUT2D eigenvalue weighted by atomic mass is 32.2. The van der Waals surface area contributed by atoms with Crippen LogP contribution in [0.15, 0.2) is 35.3 Å². The summed E-state index contributed by atoms with van der Waals surface area (Å²) in [5.41, 5.74) is 6.39. The Balaban J connectivity index is 1.94. The maximum atomic E-state index is 10.8. The molecule has 0 aliphatic carbocycles. The molecule has 4 nitrogen and oxygen atoms in total. The second-order valence-electron chi connectivity index (χ2n) is 4.39. The normalized spacial score (nSPS) is 20.3. The van der Waals surface area contributed by atoms with Crippen molar-refractivity contribution < 1.29 is 4.79 Å². The number of hydrogen-bond acceptors (Lipinski definition) is 4. The smallest absolute Gasteiger partial charge is 0.219 e. The first kappa shape index (κ1) is 13.0. The Morgan fingerprint density at radius 3 is 2.94 bits per heavy atom. The van der Waals surface area contributed by atoms with Gasteiger partial charge < -0.3 is 11.1 Å². The highest BCUT2D eigenvalue weighted by Gasteiger charge is 2.20. The van der Waals surface area contributed by atoms with E-state index in [1.54, 1.807) is 11.8 Å². The summed E-state index contributed by atoms with van der Waals surface area (Å²) in [4.78, 5) is 15.4. The third-order valence-electron chi connectivity index (χ3n) is 2.71. The van der Waals surface area contributed by atoms with E-state index in [4.69, 9.17) is 5.73 Å². The Labute approximate surface area is 111 Å². The predicted octanol–water partition coefficient (Wildman–Crippen LogP) is 1.68. The minimum Gasteiger partial charge on any atom is -0.370 e. The van der Waals surface area contributed by atoms with Crippen molar-refractivity contribution in [1.82, 2.24) is 5.32 Å². The van der Waals surface area contributed by atoms with E-state index in [0.717, 1.165) is 10.9 Å². The zero-order chi connectivity index (χ0) is 13.0. The molecule has 2 rings (SSSR count). The van der Waals surface area contributed by atoms with Crippen molar-refractivity contribution >= 4 is 22.8 Å². The van der Waals surface area contributed by atoms with Crippen LogP contribution in [-0.4, -0.2) is 22.9 Å². The maximum absolute atomic E-state index is 10.8. The van der Waals surface area contributed by atoms with E-state index in [0.29, 0.717) is 6.42 Å². The molecule has 1 aliphatic rings. The van der Waals surface area contributed by atoms with Crippen LogP contribution in [0.25, 0.3) is 0 Å². The van der Waals surface area contributed by atoms with Gasteiger partial charge in [-0.15, -0.1) is 0 Å². The number of nitrogens with two attached hydrogens (primary N) is 1. The number of carbonyl (C=O) groups is 1. The number of aliphatic imine (C=N–C) groups is 1. The molecule has 1 aromatic rings. The quantitative estimate of drug-likeness (QED) is 0.868. The number of carbonyl (C=O) groups excluding carboxylic acids is 1.